The lowest BCUT2D eigenvalue weighted by atomic mass is 9.92. The van der Waals surface area contributed by atoms with Crippen LogP contribution in [0.15, 0.2) is 152 Å². The predicted molar refractivity (Wildman–Crippen MR) is 189 cm³/mol. The summed E-state index contributed by atoms with van der Waals surface area (Å²) in [6, 6.07) is 53.3. The van der Waals surface area contributed by atoms with Gasteiger partial charge in [-0.1, -0.05) is 121 Å². The molecule has 0 amide bonds. The Balaban J connectivity index is 1.27. The fourth-order valence-corrected chi connectivity index (χ4v) is 7.48. The Labute approximate surface area is 264 Å². The fourth-order valence-electron chi connectivity index (χ4n) is 6.40. The lowest BCUT2D eigenvalue weighted by Crippen LogP contribution is -2.00. The highest BCUT2D eigenvalue weighted by Gasteiger charge is 2.17. The van der Waals surface area contributed by atoms with Gasteiger partial charge in [0.15, 0.2) is 17.5 Å². The molecule has 7 aromatic carbocycles. The summed E-state index contributed by atoms with van der Waals surface area (Å²) in [5.74, 6) is 1.99. The van der Waals surface area contributed by atoms with Crippen molar-refractivity contribution in [3.63, 3.8) is 0 Å². The first-order valence-electron chi connectivity index (χ1n) is 15.0. The van der Waals surface area contributed by atoms with Crippen LogP contribution in [-0.2, 0) is 0 Å². The Morgan fingerprint density at radius 3 is 1.76 bits per heavy atom. The first-order valence-corrected chi connectivity index (χ1v) is 15.9. The Morgan fingerprint density at radius 2 is 0.911 bits per heavy atom. The van der Waals surface area contributed by atoms with E-state index < -0.39 is 0 Å². The third kappa shape index (κ3) is 4.38. The van der Waals surface area contributed by atoms with Crippen LogP contribution in [0.1, 0.15) is 0 Å². The van der Waals surface area contributed by atoms with Crippen molar-refractivity contribution in [1.29, 1.82) is 0 Å². The van der Waals surface area contributed by atoms with Crippen LogP contribution < -0.4 is 0 Å². The number of rotatable bonds is 4. The summed E-state index contributed by atoms with van der Waals surface area (Å²) in [5, 5.41) is 7.23. The molecule has 0 spiro atoms. The van der Waals surface area contributed by atoms with Crippen LogP contribution in [-0.4, -0.2) is 15.0 Å². The molecule has 2 heterocycles. The zero-order valence-corrected chi connectivity index (χ0v) is 25.0. The molecule has 0 aliphatic heterocycles. The molecule has 9 rings (SSSR count). The highest BCUT2D eigenvalue weighted by atomic mass is 32.1. The van der Waals surface area contributed by atoms with Crippen LogP contribution in [0.4, 0.5) is 0 Å². The van der Waals surface area contributed by atoms with Gasteiger partial charge < -0.3 is 0 Å². The molecule has 3 nitrogen and oxygen atoms in total. The van der Waals surface area contributed by atoms with Crippen molar-refractivity contribution in [2.75, 3.05) is 0 Å². The minimum absolute atomic E-state index is 0.660. The number of hydrogen-bond acceptors (Lipinski definition) is 4. The molecule has 0 radical (unpaired) electrons. The first kappa shape index (κ1) is 25.8. The van der Waals surface area contributed by atoms with Gasteiger partial charge in [0.05, 0.1) is 0 Å². The van der Waals surface area contributed by atoms with Gasteiger partial charge in [-0.05, 0) is 63.0 Å². The summed E-state index contributed by atoms with van der Waals surface area (Å²) in [6.07, 6.45) is 0. The minimum atomic E-state index is 0.660. The average Bonchev–Trinajstić information content (AvgIpc) is 3.49. The second-order valence-corrected chi connectivity index (χ2v) is 12.3. The van der Waals surface area contributed by atoms with Crippen molar-refractivity contribution in [2.24, 2.45) is 0 Å². The van der Waals surface area contributed by atoms with E-state index in [9.17, 15) is 0 Å². The number of hydrogen-bond donors (Lipinski definition) is 0. The van der Waals surface area contributed by atoms with E-state index in [2.05, 4.69) is 133 Å². The van der Waals surface area contributed by atoms with Gasteiger partial charge in [0.1, 0.15) is 0 Å². The van der Waals surface area contributed by atoms with E-state index in [4.69, 9.17) is 15.0 Å². The van der Waals surface area contributed by atoms with Gasteiger partial charge in [-0.2, -0.15) is 0 Å². The number of aromatic nitrogens is 3. The molecule has 0 saturated carbocycles. The zero-order valence-electron chi connectivity index (χ0n) is 24.2. The maximum absolute atomic E-state index is 5.15. The summed E-state index contributed by atoms with van der Waals surface area (Å²) in [6.45, 7) is 0. The van der Waals surface area contributed by atoms with Gasteiger partial charge in [0.25, 0.3) is 0 Å². The van der Waals surface area contributed by atoms with Crippen molar-refractivity contribution < 1.29 is 0 Å². The lowest BCUT2D eigenvalue weighted by Gasteiger charge is -2.14. The average molecular weight is 592 g/mol. The van der Waals surface area contributed by atoms with Crippen LogP contribution in [0, 0.1) is 0 Å². The van der Waals surface area contributed by atoms with Crippen molar-refractivity contribution in [1.82, 2.24) is 15.0 Å². The van der Waals surface area contributed by atoms with Crippen molar-refractivity contribution in [3.8, 4) is 45.3 Å². The predicted octanol–water partition coefficient (Wildman–Crippen LogP) is 11.2. The molecule has 9 aromatic rings. The van der Waals surface area contributed by atoms with Gasteiger partial charge in [-0.15, -0.1) is 11.3 Å². The van der Waals surface area contributed by atoms with Crippen LogP contribution in [0.25, 0.3) is 87.0 Å². The number of nitrogens with zero attached hydrogens (tertiary/aromatic N) is 3. The van der Waals surface area contributed by atoms with Crippen LogP contribution in [0.2, 0.25) is 0 Å². The van der Waals surface area contributed by atoms with Gasteiger partial charge in [-0.25, -0.2) is 15.0 Å². The normalized spacial score (nSPS) is 11.6. The topological polar surface area (TPSA) is 38.7 Å². The van der Waals surface area contributed by atoms with E-state index in [1.807, 2.05) is 29.5 Å². The molecule has 0 aliphatic carbocycles. The highest BCUT2D eigenvalue weighted by Crippen LogP contribution is 2.39. The summed E-state index contributed by atoms with van der Waals surface area (Å²) in [4.78, 5) is 15.3. The molecule has 0 unspecified atom stereocenters. The molecule has 210 valence electrons. The van der Waals surface area contributed by atoms with E-state index in [1.165, 1.54) is 47.5 Å². The minimum Gasteiger partial charge on any atom is -0.208 e. The maximum Gasteiger partial charge on any atom is 0.164 e. The maximum atomic E-state index is 5.15. The summed E-state index contributed by atoms with van der Waals surface area (Å²) < 4.78 is 2.54. The van der Waals surface area contributed by atoms with Crippen LogP contribution in [0.5, 0.6) is 0 Å². The molecule has 0 N–H and O–H groups in total. The molecule has 45 heavy (non-hydrogen) atoms. The fraction of sp³-hybridized carbons (Fsp3) is 0. The largest absolute Gasteiger partial charge is 0.208 e. The number of fused-ring (bicyclic) bond motifs is 5. The molecule has 0 fully saturated rings. The molecular formula is C41H25N3S. The van der Waals surface area contributed by atoms with Gasteiger partial charge >= 0.3 is 0 Å². The standard InChI is InChI=1S/C41H25N3S/c1-2-12-27(13-3-1)39-42-40(28-21-24-38-36(25-28)34-18-8-9-20-37(34)45-38)44-41(43-39)35-23-22-33(31-16-6-7-17-32(31)35)30-19-10-14-26-11-4-5-15-29(26)30/h1-25H. The monoisotopic (exact) mass is 591 g/mol. The molecule has 4 heteroatoms. The van der Waals surface area contributed by atoms with E-state index in [0.717, 1.165) is 22.1 Å². The van der Waals surface area contributed by atoms with E-state index in [0.29, 0.717) is 17.5 Å². The molecule has 0 saturated heterocycles. The lowest BCUT2D eigenvalue weighted by molar-refractivity contribution is 1.08. The molecule has 0 atom stereocenters. The SMILES string of the molecule is c1ccc(-c2nc(-c3ccc4sc5ccccc5c4c3)nc(-c3ccc(-c4cccc5ccccc45)c4ccccc34)n2)cc1. The van der Waals surface area contributed by atoms with Crippen molar-refractivity contribution in [3.05, 3.63) is 152 Å². The van der Waals surface area contributed by atoms with Gasteiger partial charge in [0, 0.05) is 36.9 Å². The Morgan fingerprint density at radius 1 is 0.333 bits per heavy atom. The quantitative estimate of drug-likeness (QED) is 0.204. The Hall–Kier alpha value is -5.71. The molecule has 0 aliphatic rings. The summed E-state index contributed by atoms with van der Waals surface area (Å²) in [5.41, 5.74) is 5.33. The summed E-state index contributed by atoms with van der Waals surface area (Å²) >= 11 is 1.81. The smallest absolute Gasteiger partial charge is 0.164 e. The highest BCUT2D eigenvalue weighted by molar-refractivity contribution is 7.25. The zero-order chi connectivity index (χ0) is 29.7. The number of thiophene rings is 1. The first-order chi connectivity index (χ1) is 22.3. The van der Waals surface area contributed by atoms with Crippen LogP contribution in [0.3, 0.4) is 0 Å². The van der Waals surface area contributed by atoms with E-state index in [-0.39, 0.29) is 0 Å². The van der Waals surface area contributed by atoms with Gasteiger partial charge in [-0.3, -0.25) is 0 Å². The van der Waals surface area contributed by atoms with Crippen LogP contribution >= 0.6 is 11.3 Å². The second kappa shape index (κ2) is 10.5. The second-order valence-electron chi connectivity index (χ2n) is 11.2. The van der Waals surface area contributed by atoms with E-state index in [1.54, 1.807) is 0 Å². The van der Waals surface area contributed by atoms with Crippen molar-refractivity contribution in [2.45, 2.75) is 0 Å². The van der Waals surface area contributed by atoms with Gasteiger partial charge in [0.2, 0.25) is 0 Å². The molecule has 0 bridgehead atoms. The summed E-state index contributed by atoms with van der Waals surface area (Å²) in [7, 11) is 0. The Kier molecular flexibility index (Phi) is 6.00. The molecule has 2 aromatic heterocycles. The number of benzene rings is 7. The third-order valence-corrected chi connectivity index (χ3v) is 9.70. The molecular weight excluding hydrogens is 567 g/mol. The Bertz CT molecular complexity index is 2540. The third-order valence-electron chi connectivity index (χ3n) is 8.55. The van der Waals surface area contributed by atoms with E-state index >= 15 is 0 Å². The van der Waals surface area contributed by atoms with Crippen molar-refractivity contribution >= 4 is 53.1 Å².